The number of nitrogens with two attached hydrogens (primary N) is 1. The third kappa shape index (κ3) is 2.98. The number of carboxylic acids is 1. The number of aryl methyl sites for hydroxylation is 1. The molecule has 0 aliphatic carbocycles. The maximum atomic E-state index is 10.9. The maximum absolute atomic E-state index is 10.9. The molecule has 0 amide bonds. The standard InChI is InChI=1S/C8H12N2O4S/c1-15(13,14)3-2-5-4-10-7(6(5)9)8(11)12/h4,10H,2-3,9H2,1H3,(H,11,12). The number of hydrogen-bond donors (Lipinski definition) is 3. The van der Waals surface area contributed by atoms with Crippen molar-refractivity contribution >= 4 is 21.5 Å². The van der Waals surface area contributed by atoms with Crippen molar-refractivity contribution in [3.05, 3.63) is 17.5 Å². The summed E-state index contributed by atoms with van der Waals surface area (Å²) in [4.78, 5) is 13.1. The van der Waals surface area contributed by atoms with E-state index in [0.29, 0.717) is 5.56 Å². The molecule has 1 heterocycles. The first-order valence-corrected chi connectivity index (χ1v) is 6.24. The van der Waals surface area contributed by atoms with Crippen LogP contribution in [-0.4, -0.2) is 36.5 Å². The number of rotatable bonds is 4. The zero-order chi connectivity index (χ0) is 11.6. The number of H-pyrrole nitrogens is 1. The smallest absolute Gasteiger partial charge is 0.354 e. The number of carbonyl (C=O) groups is 1. The van der Waals surface area contributed by atoms with Crippen molar-refractivity contribution in [3.63, 3.8) is 0 Å². The summed E-state index contributed by atoms with van der Waals surface area (Å²) in [5.74, 6) is -1.20. The molecule has 7 heteroatoms. The van der Waals surface area contributed by atoms with Gasteiger partial charge < -0.3 is 15.8 Å². The minimum Gasteiger partial charge on any atom is -0.477 e. The predicted molar refractivity (Wildman–Crippen MR) is 55.6 cm³/mol. The van der Waals surface area contributed by atoms with Gasteiger partial charge in [-0.1, -0.05) is 0 Å². The van der Waals surface area contributed by atoms with Crippen LogP contribution in [0.25, 0.3) is 0 Å². The first-order valence-electron chi connectivity index (χ1n) is 4.18. The van der Waals surface area contributed by atoms with E-state index < -0.39 is 15.8 Å². The second kappa shape index (κ2) is 3.93. The number of nitrogen functional groups attached to an aromatic ring is 1. The van der Waals surface area contributed by atoms with Gasteiger partial charge in [-0.25, -0.2) is 13.2 Å². The molecule has 1 aromatic heterocycles. The number of hydrogen-bond acceptors (Lipinski definition) is 4. The lowest BCUT2D eigenvalue weighted by atomic mass is 10.2. The summed E-state index contributed by atoms with van der Waals surface area (Å²) in [6.07, 6.45) is 2.76. The van der Waals surface area contributed by atoms with Crippen molar-refractivity contribution < 1.29 is 18.3 Å². The molecule has 84 valence electrons. The first-order chi connectivity index (χ1) is 6.81. The van der Waals surface area contributed by atoms with E-state index in [-0.39, 0.29) is 23.6 Å². The van der Waals surface area contributed by atoms with Gasteiger partial charge in [0.05, 0.1) is 11.4 Å². The highest BCUT2D eigenvalue weighted by atomic mass is 32.2. The zero-order valence-electron chi connectivity index (χ0n) is 8.15. The average molecular weight is 232 g/mol. The summed E-state index contributed by atoms with van der Waals surface area (Å²) in [5.41, 5.74) is 6.04. The van der Waals surface area contributed by atoms with Crippen molar-refractivity contribution in [2.24, 2.45) is 0 Å². The molecule has 0 fully saturated rings. The van der Waals surface area contributed by atoms with E-state index >= 15 is 0 Å². The Balaban J connectivity index is 2.84. The fourth-order valence-corrected chi connectivity index (χ4v) is 1.75. The van der Waals surface area contributed by atoms with Crippen molar-refractivity contribution in [2.75, 3.05) is 17.7 Å². The Morgan fingerprint density at radius 2 is 2.20 bits per heavy atom. The Morgan fingerprint density at radius 1 is 1.60 bits per heavy atom. The Kier molecular flexibility index (Phi) is 3.04. The minimum atomic E-state index is -3.07. The van der Waals surface area contributed by atoms with Crippen LogP contribution in [0.15, 0.2) is 6.20 Å². The van der Waals surface area contributed by atoms with Crippen LogP contribution < -0.4 is 5.73 Å². The van der Waals surface area contributed by atoms with Gasteiger partial charge in [0.1, 0.15) is 15.5 Å². The first kappa shape index (κ1) is 11.6. The van der Waals surface area contributed by atoms with Crippen LogP contribution in [0.4, 0.5) is 5.69 Å². The van der Waals surface area contributed by atoms with Gasteiger partial charge in [0.2, 0.25) is 0 Å². The predicted octanol–water partition coefficient (Wildman–Crippen LogP) is -0.118. The molecule has 0 aliphatic heterocycles. The quantitative estimate of drug-likeness (QED) is 0.669. The highest BCUT2D eigenvalue weighted by Gasteiger charge is 2.14. The highest BCUT2D eigenvalue weighted by Crippen LogP contribution is 2.17. The molecule has 0 aliphatic rings. The topological polar surface area (TPSA) is 113 Å². The number of anilines is 1. The fraction of sp³-hybridized carbons (Fsp3) is 0.375. The lowest BCUT2D eigenvalue weighted by Crippen LogP contribution is -2.07. The molecule has 0 saturated carbocycles. The largest absolute Gasteiger partial charge is 0.477 e. The monoisotopic (exact) mass is 232 g/mol. The third-order valence-electron chi connectivity index (χ3n) is 1.96. The van der Waals surface area contributed by atoms with E-state index in [2.05, 4.69) is 4.98 Å². The van der Waals surface area contributed by atoms with Crippen molar-refractivity contribution in [3.8, 4) is 0 Å². The van der Waals surface area contributed by atoms with E-state index in [1.807, 2.05) is 0 Å². The van der Waals surface area contributed by atoms with Crippen LogP contribution in [0.2, 0.25) is 0 Å². The highest BCUT2D eigenvalue weighted by molar-refractivity contribution is 7.90. The van der Waals surface area contributed by atoms with Gasteiger partial charge in [0, 0.05) is 12.5 Å². The van der Waals surface area contributed by atoms with E-state index in [1.165, 1.54) is 6.20 Å². The zero-order valence-corrected chi connectivity index (χ0v) is 8.97. The normalized spacial score (nSPS) is 11.5. The molecule has 0 atom stereocenters. The summed E-state index contributed by atoms with van der Waals surface area (Å²) in [7, 11) is -3.07. The summed E-state index contributed by atoms with van der Waals surface area (Å²) < 4.78 is 21.8. The number of nitrogens with one attached hydrogen (secondary N) is 1. The summed E-state index contributed by atoms with van der Waals surface area (Å²) in [6.45, 7) is 0. The molecule has 0 unspecified atom stereocenters. The van der Waals surface area contributed by atoms with E-state index in [4.69, 9.17) is 10.8 Å². The van der Waals surface area contributed by atoms with Crippen LogP contribution in [0.3, 0.4) is 0 Å². The van der Waals surface area contributed by atoms with Gasteiger partial charge in [0.25, 0.3) is 0 Å². The molecule has 0 bridgehead atoms. The Morgan fingerprint density at radius 3 is 2.60 bits per heavy atom. The molecule has 4 N–H and O–H groups in total. The summed E-state index contributed by atoms with van der Waals surface area (Å²) in [5, 5.41) is 8.68. The lowest BCUT2D eigenvalue weighted by Gasteiger charge is -1.98. The second-order valence-corrected chi connectivity index (χ2v) is 5.55. The number of sulfone groups is 1. The Labute approximate surface area is 87.0 Å². The molecule has 15 heavy (non-hydrogen) atoms. The van der Waals surface area contributed by atoms with Gasteiger partial charge in [-0.15, -0.1) is 0 Å². The van der Waals surface area contributed by atoms with Crippen LogP contribution in [0, 0.1) is 0 Å². The minimum absolute atomic E-state index is 0.0475. The average Bonchev–Trinajstić information content (AvgIpc) is 2.42. The van der Waals surface area contributed by atoms with Crippen LogP contribution >= 0.6 is 0 Å². The second-order valence-electron chi connectivity index (χ2n) is 3.29. The van der Waals surface area contributed by atoms with E-state index in [9.17, 15) is 13.2 Å². The number of aromatic nitrogens is 1. The fourth-order valence-electron chi connectivity index (χ4n) is 1.15. The molecule has 0 aromatic carbocycles. The number of carboxylic acid groups (broad SMARTS) is 1. The Hall–Kier alpha value is -1.50. The number of aromatic carboxylic acids is 1. The molecular weight excluding hydrogens is 220 g/mol. The molecule has 0 radical (unpaired) electrons. The van der Waals surface area contributed by atoms with Crippen molar-refractivity contribution in [1.29, 1.82) is 0 Å². The number of aromatic amines is 1. The van der Waals surface area contributed by atoms with Crippen molar-refractivity contribution in [2.45, 2.75) is 6.42 Å². The molecule has 1 rings (SSSR count). The Bertz CT molecular complexity index is 475. The van der Waals surface area contributed by atoms with Crippen LogP contribution in [-0.2, 0) is 16.3 Å². The molecule has 1 aromatic rings. The van der Waals surface area contributed by atoms with Gasteiger partial charge in [-0.3, -0.25) is 0 Å². The van der Waals surface area contributed by atoms with Crippen molar-refractivity contribution in [1.82, 2.24) is 4.98 Å². The van der Waals surface area contributed by atoms with E-state index in [1.54, 1.807) is 0 Å². The van der Waals surface area contributed by atoms with E-state index in [0.717, 1.165) is 6.26 Å². The van der Waals surface area contributed by atoms with Crippen LogP contribution in [0.1, 0.15) is 16.1 Å². The molecule has 6 nitrogen and oxygen atoms in total. The summed E-state index contributed by atoms with van der Waals surface area (Å²) in [6, 6.07) is 0. The molecular formula is C8H12N2O4S. The van der Waals surface area contributed by atoms with Gasteiger partial charge >= 0.3 is 5.97 Å². The SMILES string of the molecule is CS(=O)(=O)CCc1c[nH]c(C(=O)O)c1N. The van der Waals surface area contributed by atoms with Gasteiger partial charge in [-0.2, -0.15) is 0 Å². The van der Waals surface area contributed by atoms with Crippen LogP contribution in [0.5, 0.6) is 0 Å². The third-order valence-corrected chi connectivity index (χ3v) is 2.91. The maximum Gasteiger partial charge on any atom is 0.354 e. The lowest BCUT2D eigenvalue weighted by molar-refractivity contribution is 0.0692. The van der Waals surface area contributed by atoms with Gasteiger partial charge in [0.15, 0.2) is 0 Å². The molecule has 0 spiro atoms. The summed E-state index contributed by atoms with van der Waals surface area (Å²) >= 11 is 0. The molecule has 0 saturated heterocycles. The van der Waals surface area contributed by atoms with Gasteiger partial charge in [-0.05, 0) is 12.0 Å².